The van der Waals surface area contributed by atoms with Gasteiger partial charge in [-0.15, -0.1) is 0 Å². The molecule has 130 valence electrons. The van der Waals surface area contributed by atoms with Crippen molar-refractivity contribution in [1.29, 1.82) is 0 Å². The first kappa shape index (κ1) is 15.9. The molecule has 1 saturated heterocycles. The van der Waals surface area contributed by atoms with E-state index >= 15 is 0 Å². The van der Waals surface area contributed by atoms with E-state index in [0.29, 0.717) is 0 Å². The highest BCUT2D eigenvalue weighted by molar-refractivity contribution is 5.95. The largest absolute Gasteiger partial charge is 0.331 e. The van der Waals surface area contributed by atoms with Gasteiger partial charge in [0.1, 0.15) is 0 Å². The van der Waals surface area contributed by atoms with Crippen molar-refractivity contribution in [3.05, 3.63) is 53.4 Å². The molecule has 1 atom stereocenters. The highest BCUT2D eigenvalue weighted by Crippen LogP contribution is 2.34. The maximum absolute atomic E-state index is 13.3. The van der Waals surface area contributed by atoms with Gasteiger partial charge in [0, 0.05) is 29.6 Å². The second-order valence-electron chi connectivity index (χ2n) is 6.85. The van der Waals surface area contributed by atoms with Gasteiger partial charge in [0.25, 0.3) is 5.91 Å². The number of fused-ring (bicyclic) bond motifs is 1. The zero-order chi connectivity index (χ0) is 17.4. The van der Waals surface area contributed by atoms with Crippen LogP contribution in [0, 0.1) is 13.8 Å². The Morgan fingerprint density at radius 1 is 1.28 bits per heavy atom. The van der Waals surface area contributed by atoms with E-state index in [0.717, 1.165) is 54.7 Å². The van der Waals surface area contributed by atoms with E-state index in [4.69, 9.17) is 0 Å². The topological polar surface area (TPSA) is 66.3 Å². The van der Waals surface area contributed by atoms with Gasteiger partial charge in [0.05, 0.1) is 29.8 Å². The number of nitrogens with zero attached hydrogens (tertiary/aromatic N) is 4. The molecule has 4 heterocycles. The minimum atomic E-state index is 0.0925. The molecule has 1 aliphatic rings. The van der Waals surface area contributed by atoms with Gasteiger partial charge < -0.3 is 9.30 Å². The molecule has 0 saturated carbocycles. The molecule has 0 unspecified atom stereocenters. The van der Waals surface area contributed by atoms with E-state index in [9.17, 15) is 4.79 Å². The molecular formula is C19H23N5O. The number of hydrogen-bond donors (Lipinski definition) is 1. The first-order valence-electron chi connectivity index (χ1n) is 8.89. The SMILES string of the molecule is Cc1n[nH]c(C)c1[C@H]1CCCCCN1C(=O)c1ccn2cncc2c1. The number of likely N-dealkylation sites (tertiary alicyclic amines) is 1. The van der Waals surface area contributed by atoms with Gasteiger partial charge in [0.2, 0.25) is 0 Å². The number of aromatic nitrogens is 4. The summed E-state index contributed by atoms with van der Waals surface area (Å²) in [4.78, 5) is 19.5. The van der Waals surface area contributed by atoms with Crippen LogP contribution in [0.2, 0.25) is 0 Å². The fourth-order valence-electron chi connectivity index (χ4n) is 3.92. The lowest BCUT2D eigenvalue weighted by atomic mass is 9.98. The number of imidazole rings is 1. The van der Waals surface area contributed by atoms with Crippen molar-refractivity contribution in [2.75, 3.05) is 6.54 Å². The van der Waals surface area contributed by atoms with Gasteiger partial charge in [-0.3, -0.25) is 9.89 Å². The minimum Gasteiger partial charge on any atom is -0.331 e. The van der Waals surface area contributed by atoms with Crippen LogP contribution in [0.1, 0.15) is 59.0 Å². The molecule has 4 rings (SSSR count). The number of amides is 1. The van der Waals surface area contributed by atoms with Crippen molar-refractivity contribution in [3.8, 4) is 0 Å². The van der Waals surface area contributed by atoms with Crippen molar-refractivity contribution in [2.24, 2.45) is 0 Å². The summed E-state index contributed by atoms with van der Waals surface area (Å²) in [6.45, 7) is 4.85. The average molecular weight is 337 g/mol. The Bertz CT molecular complexity index is 890. The summed E-state index contributed by atoms with van der Waals surface area (Å²) >= 11 is 0. The van der Waals surface area contributed by atoms with Crippen LogP contribution in [0.15, 0.2) is 30.9 Å². The second kappa shape index (κ2) is 6.35. The molecule has 0 aromatic carbocycles. The first-order valence-corrected chi connectivity index (χ1v) is 8.89. The van der Waals surface area contributed by atoms with Gasteiger partial charge >= 0.3 is 0 Å². The van der Waals surface area contributed by atoms with Gasteiger partial charge in [0.15, 0.2) is 0 Å². The third kappa shape index (κ3) is 2.81. The molecule has 1 fully saturated rings. The molecular weight excluding hydrogens is 314 g/mol. The van der Waals surface area contributed by atoms with Gasteiger partial charge in [-0.2, -0.15) is 5.10 Å². The quantitative estimate of drug-likeness (QED) is 0.779. The van der Waals surface area contributed by atoms with Gasteiger partial charge in [-0.05, 0) is 38.8 Å². The molecule has 1 amide bonds. The lowest BCUT2D eigenvalue weighted by molar-refractivity contribution is 0.0680. The number of carbonyl (C=O) groups excluding carboxylic acids is 1. The Labute approximate surface area is 146 Å². The molecule has 6 heteroatoms. The molecule has 3 aromatic rings. The molecule has 0 radical (unpaired) electrons. The molecule has 25 heavy (non-hydrogen) atoms. The van der Waals surface area contributed by atoms with E-state index < -0.39 is 0 Å². The van der Waals surface area contributed by atoms with Crippen LogP contribution in [-0.4, -0.2) is 36.9 Å². The molecule has 1 N–H and O–H groups in total. The number of hydrogen-bond acceptors (Lipinski definition) is 3. The molecule has 6 nitrogen and oxygen atoms in total. The maximum Gasteiger partial charge on any atom is 0.254 e. The Balaban J connectivity index is 1.72. The standard InChI is InChI=1S/C19H23N5O/c1-13-18(14(2)22-21-13)17-6-4-3-5-8-24(17)19(25)15-7-9-23-12-20-11-16(23)10-15/h7,9-12,17H,3-6,8H2,1-2H3,(H,21,22)/t17-/m1/s1. The summed E-state index contributed by atoms with van der Waals surface area (Å²) in [6, 6.07) is 3.90. The fraction of sp³-hybridized carbons (Fsp3) is 0.421. The van der Waals surface area contributed by atoms with Gasteiger partial charge in [-0.1, -0.05) is 12.8 Å². The number of nitrogens with one attached hydrogen (secondary N) is 1. The summed E-state index contributed by atoms with van der Waals surface area (Å²) in [6.07, 6.45) is 9.77. The van der Waals surface area contributed by atoms with Crippen LogP contribution >= 0.6 is 0 Å². The van der Waals surface area contributed by atoms with Crippen molar-refractivity contribution < 1.29 is 4.79 Å². The average Bonchev–Trinajstić information content (AvgIpc) is 3.13. The molecule has 0 bridgehead atoms. The third-order valence-electron chi connectivity index (χ3n) is 5.19. The highest BCUT2D eigenvalue weighted by atomic mass is 16.2. The van der Waals surface area contributed by atoms with Crippen molar-refractivity contribution in [1.82, 2.24) is 24.5 Å². The third-order valence-corrected chi connectivity index (χ3v) is 5.19. The Kier molecular flexibility index (Phi) is 4.03. The summed E-state index contributed by atoms with van der Waals surface area (Å²) in [7, 11) is 0. The molecule has 1 aliphatic heterocycles. The van der Waals surface area contributed by atoms with Crippen LogP contribution in [0.4, 0.5) is 0 Å². The van der Waals surface area contributed by atoms with Crippen molar-refractivity contribution in [2.45, 2.75) is 45.6 Å². The highest BCUT2D eigenvalue weighted by Gasteiger charge is 2.30. The number of aromatic amines is 1. The van der Waals surface area contributed by atoms with E-state index in [1.165, 1.54) is 5.56 Å². The molecule has 3 aromatic heterocycles. The number of rotatable bonds is 2. The lowest BCUT2D eigenvalue weighted by Crippen LogP contribution is -2.35. The van der Waals surface area contributed by atoms with Crippen LogP contribution in [0.5, 0.6) is 0 Å². The smallest absolute Gasteiger partial charge is 0.254 e. The van der Waals surface area contributed by atoms with E-state index in [1.54, 1.807) is 12.5 Å². The maximum atomic E-state index is 13.3. The summed E-state index contributed by atoms with van der Waals surface area (Å²) < 4.78 is 1.92. The monoisotopic (exact) mass is 337 g/mol. The Morgan fingerprint density at radius 3 is 2.96 bits per heavy atom. The number of carbonyl (C=O) groups is 1. The number of pyridine rings is 1. The van der Waals surface area contributed by atoms with Crippen LogP contribution in [0.3, 0.4) is 0 Å². The first-order chi connectivity index (χ1) is 12.1. The van der Waals surface area contributed by atoms with Crippen molar-refractivity contribution >= 4 is 11.4 Å². The number of H-pyrrole nitrogens is 1. The second-order valence-corrected chi connectivity index (χ2v) is 6.85. The summed E-state index contributed by atoms with van der Waals surface area (Å²) in [5.41, 5.74) is 4.90. The predicted molar refractivity (Wildman–Crippen MR) is 95.5 cm³/mol. The predicted octanol–water partition coefficient (Wildman–Crippen LogP) is 3.43. The molecule has 0 aliphatic carbocycles. The van der Waals surface area contributed by atoms with Crippen LogP contribution in [-0.2, 0) is 0 Å². The summed E-state index contributed by atoms with van der Waals surface area (Å²) in [5, 5.41) is 7.42. The van der Waals surface area contributed by atoms with Crippen molar-refractivity contribution in [3.63, 3.8) is 0 Å². The Hall–Kier alpha value is -2.63. The van der Waals surface area contributed by atoms with E-state index in [1.807, 2.05) is 41.5 Å². The van der Waals surface area contributed by atoms with Crippen LogP contribution < -0.4 is 0 Å². The van der Waals surface area contributed by atoms with Gasteiger partial charge in [-0.25, -0.2) is 4.98 Å². The van der Waals surface area contributed by atoms with E-state index in [2.05, 4.69) is 15.2 Å². The Morgan fingerprint density at radius 2 is 2.16 bits per heavy atom. The lowest BCUT2D eigenvalue weighted by Gasteiger charge is -2.30. The van der Waals surface area contributed by atoms with E-state index in [-0.39, 0.29) is 11.9 Å². The van der Waals surface area contributed by atoms with Crippen LogP contribution in [0.25, 0.3) is 5.52 Å². The normalized spacial score (nSPS) is 18.5. The number of aryl methyl sites for hydroxylation is 2. The zero-order valence-corrected chi connectivity index (χ0v) is 14.7. The fourth-order valence-corrected chi connectivity index (χ4v) is 3.92. The minimum absolute atomic E-state index is 0.0925. The summed E-state index contributed by atoms with van der Waals surface area (Å²) in [5.74, 6) is 0.0931. The zero-order valence-electron chi connectivity index (χ0n) is 14.7. The molecule has 0 spiro atoms.